The van der Waals surface area contributed by atoms with Crippen LogP contribution >= 0.6 is 0 Å². The van der Waals surface area contributed by atoms with E-state index in [0.29, 0.717) is 5.56 Å². The second-order valence-electron chi connectivity index (χ2n) is 6.10. The molecule has 1 heterocycles. The molecule has 2 rings (SSSR count). The number of halogens is 1. The van der Waals surface area contributed by atoms with Gasteiger partial charge in [0.25, 0.3) is 0 Å². The highest BCUT2D eigenvalue weighted by Crippen LogP contribution is 2.24. The summed E-state index contributed by atoms with van der Waals surface area (Å²) >= 11 is 0. The van der Waals surface area contributed by atoms with Crippen molar-refractivity contribution in [3.63, 3.8) is 0 Å². The van der Waals surface area contributed by atoms with Crippen molar-refractivity contribution in [1.82, 2.24) is 9.97 Å². The predicted molar refractivity (Wildman–Crippen MR) is 93.7 cm³/mol. The molecule has 0 aliphatic rings. The van der Waals surface area contributed by atoms with Gasteiger partial charge in [-0.2, -0.15) is 0 Å². The fourth-order valence-electron chi connectivity index (χ4n) is 2.89. The number of nitrogens with zero attached hydrogens (tertiary/aromatic N) is 2. The summed E-state index contributed by atoms with van der Waals surface area (Å²) in [6.07, 6.45) is 14.6. The SMILES string of the molecule is CCCCCCCCCCc1cncnc1-c1ccccc1F. The van der Waals surface area contributed by atoms with E-state index >= 15 is 0 Å². The average molecular weight is 314 g/mol. The van der Waals surface area contributed by atoms with Crippen molar-refractivity contribution in [2.45, 2.75) is 64.7 Å². The van der Waals surface area contributed by atoms with Gasteiger partial charge in [0.2, 0.25) is 0 Å². The van der Waals surface area contributed by atoms with Crippen LogP contribution < -0.4 is 0 Å². The Bertz CT molecular complexity index is 583. The average Bonchev–Trinajstić information content (AvgIpc) is 2.58. The molecule has 0 aliphatic carbocycles. The lowest BCUT2D eigenvalue weighted by Crippen LogP contribution is -1.97. The molecule has 0 atom stereocenters. The summed E-state index contributed by atoms with van der Waals surface area (Å²) in [4.78, 5) is 8.42. The molecule has 0 fully saturated rings. The van der Waals surface area contributed by atoms with Gasteiger partial charge in [0, 0.05) is 11.8 Å². The van der Waals surface area contributed by atoms with Crippen LogP contribution in [0.1, 0.15) is 63.9 Å². The molecular formula is C20H27FN2. The van der Waals surface area contributed by atoms with E-state index in [1.807, 2.05) is 12.3 Å². The van der Waals surface area contributed by atoms with Gasteiger partial charge in [-0.15, -0.1) is 0 Å². The third-order valence-corrected chi connectivity index (χ3v) is 4.22. The summed E-state index contributed by atoms with van der Waals surface area (Å²) in [7, 11) is 0. The van der Waals surface area contributed by atoms with Gasteiger partial charge in [-0.3, -0.25) is 0 Å². The van der Waals surface area contributed by atoms with Crippen LogP contribution in [0.2, 0.25) is 0 Å². The van der Waals surface area contributed by atoms with Crippen LogP contribution in [-0.2, 0) is 6.42 Å². The van der Waals surface area contributed by atoms with Crippen LogP contribution in [0.15, 0.2) is 36.8 Å². The molecule has 0 saturated heterocycles. The molecule has 0 saturated carbocycles. The molecule has 0 radical (unpaired) electrons. The molecule has 1 aromatic heterocycles. The molecule has 0 amide bonds. The number of aromatic nitrogens is 2. The first-order valence-corrected chi connectivity index (χ1v) is 8.86. The van der Waals surface area contributed by atoms with Crippen LogP contribution in [0.4, 0.5) is 4.39 Å². The van der Waals surface area contributed by atoms with Crippen molar-refractivity contribution in [3.05, 3.63) is 48.2 Å². The van der Waals surface area contributed by atoms with Crippen LogP contribution in [0, 0.1) is 5.82 Å². The number of hydrogen-bond acceptors (Lipinski definition) is 2. The molecule has 0 aliphatic heterocycles. The van der Waals surface area contributed by atoms with Gasteiger partial charge >= 0.3 is 0 Å². The topological polar surface area (TPSA) is 25.8 Å². The zero-order valence-corrected chi connectivity index (χ0v) is 14.1. The molecule has 0 bridgehead atoms. The Morgan fingerprint density at radius 3 is 2.35 bits per heavy atom. The van der Waals surface area contributed by atoms with Gasteiger partial charge in [-0.05, 0) is 30.5 Å². The molecule has 0 N–H and O–H groups in total. The number of benzene rings is 1. The first-order valence-electron chi connectivity index (χ1n) is 8.86. The smallest absolute Gasteiger partial charge is 0.132 e. The Labute approximate surface area is 139 Å². The molecule has 23 heavy (non-hydrogen) atoms. The molecule has 124 valence electrons. The third kappa shape index (κ3) is 5.74. The first kappa shape index (κ1) is 17.6. The quantitative estimate of drug-likeness (QED) is 0.505. The first-order chi connectivity index (χ1) is 11.3. The lowest BCUT2D eigenvalue weighted by molar-refractivity contribution is 0.575. The van der Waals surface area contributed by atoms with Crippen molar-refractivity contribution >= 4 is 0 Å². The fraction of sp³-hybridized carbons (Fsp3) is 0.500. The van der Waals surface area contributed by atoms with Crippen LogP contribution in [-0.4, -0.2) is 9.97 Å². The molecule has 0 unspecified atom stereocenters. The number of unbranched alkanes of at least 4 members (excludes halogenated alkanes) is 7. The van der Waals surface area contributed by atoms with Crippen molar-refractivity contribution < 1.29 is 4.39 Å². The van der Waals surface area contributed by atoms with E-state index in [2.05, 4.69) is 16.9 Å². The summed E-state index contributed by atoms with van der Waals surface area (Å²) in [5.41, 5.74) is 2.36. The molecule has 2 aromatic rings. The fourth-order valence-corrected chi connectivity index (χ4v) is 2.89. The summed E-state index contributed by atoms with van der Waals surface area (Å²) in [5, 5.41) is 0. The minimum Gasteiger partial charge on any atom is -0.244 e. The highest BCUT2D eigenvalue weighted by molar-refractivity contribution is 5.63. The maximum absolute atomic E-state index is 14.0. The van der Waals surface area contributed by atoms with Crippen molar-refractivity contribution in [2.24, 2.45) is 0 Å². The van der Waals surface area contributed by atoms with Gasteiger partial charge in [0.15, 0.2) is 0 Å². The zero-order valence-electron chi connectivity index (χ0n) is 14.1. The molecule has 2 nitrogen and oxygen atoms in total. The maximum atomic E-state index is 14.0. The van der Waals surface area contributed by atoms with Gasteiger partial charge in [-0.1, -0.05) is 64.0 Å². The highest BCUT2D eigenvalue weighted by atomic mass is 19.1. The van der Waals surface area contributed by atoms with Gasteiger partial charge in [0.05, 0.1) is 5.69 Å². The number of aryl methyl sites for hydroxylation is 1. The lowest BCUT2D eigenvalue weighted by atomic mass is 10.0. The Morgan fingerprint density at radius 1 is 0.913 bits per heavy atom. The van der Waals surface area contributed by atoms with E-state index in [-0.39, 0.29) is 5.82 Å². The Hall–Kier alpha value is -1.77. The molecule has 3 heteroatoms. The maximum Gasteiger partial charge on any atom is 0.132 e. The second kappa shape index (κ2) is 10.1. The second-order valence-corrected chi connectivity index (χ2v) is 6.10. The van der Waals surface area contributed by atoms with Gasteiger partial charge in [-0.25, -0.2) is 14.4 Å². The van der Waals surface area contributed by atoms with Gasteiger partial charge < -0.3 is 0 Å². The van der Waals surface area contributed by atoms with Crippen LogP contribution in [0.25, 0.3) is 11.3 Å². The van der Waals surface area contributed by atoms with E-state index in [4.69, 9.17) is 0 Å². The van der Waals surface area contributed by atoms with Crippen LogP contribution in [0.3, 0.4) is 0 Å². The Kier molecular flexibility index (Phi) is 7.71. The standard InChI is InChI=1S/C20H27FN2/c1-2-3-4-5-6-7-8-9-12-17-15-22-16-23-20(17)18-13-10-11-14-19(18)21/h10-11,13-16H,2-9,12H2,1H3. The Balaban J connectivity index is 1.83. The third-order valence-electron chi connectivity index (χ3n) is 4.22. The number of rotatable bonds is 10. The molecular weight excluding hydrogens is 287 g/mol. The molecule has 1 aromatic carbocycles. The summed E-state index contributed by atoms with van der Waals surface area (Å²) < 4.78 is 14.0. The highest BCUT2D eigenvalue weighted by Gasteiger charge is 2.10. The summed E-state index contributed by atoms with van der Waals surface area (Å²) in [6.45, 7) is 2.25. The minimum absolute atomic E-state index is 0.219. The lowest BCUT2D eigenvalue weighted by Gasteiger charge is -2.09. The largest absolute Gasteiger partial charge is 0.244 e. The van der Waals surface area contributed by atoms with Crippen molar-refractivity contribution in [2.75, 3.05) is 0 Å². The summed E-state index contributed by atoms with van der Waals surface area (Å²) in [5.74, 6) is -0.219. The Morgan fingerprint density at radius 2 is 1.61 bits per heavy atom. The van der Waals surface area contributed by atoms with E-state index in [1.54, 1.807) is 12.1 Å². The molecule has 0 spiro atoms. The van der Waals surface area contributed by atoms with Crippen molar-refractivity contribution in [3.8, 4) is 11.3 Å². The monoisotopic (exact) mass is 314 g/mol. The van der Waals surface area contributed by atoms with Crippen LogP contribution in [0.5, 0.6) is 0 Å². The van der Waals surface area contributed by atoms with E-state index < -0.39 is 0 Å². The van der Waals surface area contributed by atoms with E-state index in [9.17, 15) is 4.39 Å². The van der Waals surface area contributed by atoms with Gasteiger partial charge in [0.1, 0.15) is 12.1 Å². The zero-order chi connectivity index (χ0) is 16.3. The van der Waals surface area contributed by atoms with E-state index in [0.717, 1.165) is 24.1 Å². The predicted octanol–water partition coefficient (Wildman–Crippen LogP) is 5.97. The van der Waals surface area contributed by atoms with Crippen molar-refractivity contribution in [1.29, 1.82) is 0 Å². The normalized spacial score (nSPS) is 10.9. The van der Waals surface area contributed by atoms with E-state index in [1.165, 1.54) is 57.3 Å². The number of hydrogen-bond donors (Lipinski definition) is 0. The minimum atomic E-state index is -0.219. The summed E-state index contributed by atoms with van der Waals surface area (Å²) in [6, 6.07) is 6.82.